The SMILES string of the molecule is Cc1ccc(C2CC(C)Oc3ccccc32)cc1. The van der Waals surface area contributed by atoms with E-state index in [1.54, 1.807) is 0 Å². The second-order valence-corrected chi connectivity index (χ2v) is 5.17. The molecule has 2 aromatic carbocycles. The van der Waals surface area contributed by atoms with Crippen LogP contribution in [-0.4, -0.2) is 6.10 Å². The number of ether oxygens (including phenoxy) is 1. The zero-order valence-electron chi connectivity index (χ0n) is 10.9. The van der Waals surface area contributed by atoms with Gasteiger partial charge < -0.3 is 4.74 Å². The van der Waals surface area contributed by atoms with E-state index < -0.39 is 0 Å². The lowest BCUT2D eigenvalue weighted by molar-refractivity contribution is 0.183. The Morgan fingerprint density at radius 2 is 1.72 bits per heavy atom. The molecule has 0 bridgehead atoms. The Morgan fingerprint density at radius 3 is 2.50 bits per heavy atom. The first-order valence-corrected chi connectivity index (χ1v) is 6.56. The normalized spacial score (nSPS) is 22.1. The van der Waals surface area contributed by atoms with Gasteiger partial charge in [-0.25, -0.2) is 0 Å². The van der Waals surface area contributed by atoms with Crippen LogP contribution >= 0.6 is 0 Å². The molecule has 2 aromatic rings. The summed E-state index contributed by atoms with van der Waals surface area (Å²) in [6.45, 7) is 4.28. The van der Waals surface area contributed by atoms with E-state index in [0.29, 0.717) is 5.92 Å². The van der Waals surface area contributed by atoms with E-state index in [2.05, 4.69) is 56.3 Å². The lowest BCUT2D eigenvalue weighted by atomic mass is 9.84. The molecular formula is C17H18O. The van der Waals surface area contributed by atoms with Crippen LogP contribution in [0.25, 0.3) is 0 Å². The Kier molecular flexibility index (Phi) is 2.83. The molecule has 0 radical (unpaired) electrons. The van der Waals surface area contributed by atoms with Crippen molar-refractivity contribution < 1.29 is 4.74 Å². The van der Waals surface area contributed by atoms with Crippen molar-refractivity contribution in [1.29, 1.82) is 0 Å². The number of hydrogen-bond acceptors (Lipinski definition) is 1. The lowest BCUT2D eigenvalue weighted by Crippen LogP contribution is -2.23. The zero-order chi connectivity index (χ0) is 12.5. The quantitative estimate of drug-likeness (QED) is 0.719. The van der Waals surface area contributed by atoms with Crippen molar-refractivity contribution in [1.82, 2.24) is 0 Å². The third-order valence-electron chi connectivity index (χ3n) is 3.67. The fourth-order valence-corrected chi connectivity index (χ4v) is 2.71. The van der Waals surface area contributed by atoms with Gasteiger partial charge in [-0.3, -0.25) is 0 Å². The summed E-state index contributed by atoms with van der Waals surface area (Å²) in [5, 5.41) is 0. The van der Waals surface area contributed by atoms with E-state index in [4.69, 9.17) is 4.74 Å². The second kappa shape index (κ2) is 4.49. The monoisotopic (exact) mass is 238 g/mol. The van der Waals surface area contributed by atoms with Gasteiger partial charge in [0.25, 0.3) is 0 Å². The number of rotatable bonds is 1. The predicted molar refractivity (Wildman–Crippen MR) is 74.2 cm³/mol. The maximum absolute atomic E-state index is 5.91. The van der Waals surface area contributed by atoms with E-state index >= 15 is 0 Å². The summed E-state index contributed by atoms with van der Waals surface area (Å²) in [4.78, 5) is 0. The van der Waals surface area contributed by atoms with Gasteiger partial charge in [0.1, 0.15) is 5.75 Å². The molecule has 1 heterocycles. The molecule has 1 nitrogen and oxygen atoms in total. The molecule has 0 saturated carbocycles. The van der Waals surface area contributed by atoms with Gasteiger partial charge in [-0.15, -0.1) is 0 Å². The highest BCUT2D eigenvalue weighted by molar-refractivity contribution is 5.44. The third kappa shape index (κ3) is 2.01. The van der Waals surface area contributed by atoms with Crippen molar-refractivity contribution in [3.05, 3.63) is 65.2 Å². The molecule has 0 aromatic heterocycles. The number of aryl methyl sites for hydroxylation is 1. The number of fused-ring (bicyclic) bond motifs is 1. The van der Waals surface area contributed by atoms with Crippen LogP contribution in [0, 0.1) is 6.92 Å². The summed E-state index contributed by atoms with van der Waals surface area (Å²) in [6.07, 6.45) is 1.34. The van der Waals surface area contributed by atoms with E-state index in [0.717, 1.165) is 12.2 Å². The van der Waals surface area contributed by atoms with Gasteiger partial charge in [-0.2, -0.15) is 0 Å². The fourth-order valence-electron chi connectivity index (χ4n) is 2.71. The molecule has 3 rings (SSSR count). The van der Waals surface area contributed by atoms with E-state index in [1.807, 2.05) is 6.07 Å². The summed E-state index contributed by atoms with van der Waals surface area (Å²) in [6, 6.07) is 17.3. The van der Waals surface area contributed by atoms with Crippen molar-refractivity contribution in [3.63, 3.8) is 0 Å². The van der Waals surface area contributed by atoms with Gasteiger partial charge in [0.05, 0.1) is 6.10 Å². The molecular weight excluding hydrogens is 220 g/mol. The molecule has 92 valence electrons. The molecule has 0 saturated heterocycles. The summed E-state index contributed by atoms with van der Waals surface area (Å²) in [5.74, 6) is 1.51. The Morgan fingerprint density at radius 1 is 1.00 bits per heavy atom. The van der Waals surface area contributed by atoms with Crippen molar-refractivity contribution in [2.24, 2.45) is 0 Å². The predicted octanol–water partition coefficient (Wildman–Crippen LogP) is 4.30. The number of hydrogen-bond donors (Lipinski definition) is 0. The highest BCUT2D eigenvalue weighted by Crippen LogP contribution is 2.40. The molecule has 2 atom stereocenters. The Hall–Kier alpha value is -1.76. The molecule has 2 unspecified atom stereocenters. The summed E-state index contributed by atoms with van der Waals surface area (Å²) < 4.78 is 5.91. The van der Waals surface area contributed by atoms with Gasteiger partial charge in [0.15, 0.2) is 0 Å². The minimum Gasteiger partial charge on any atom is -0.490 e. The average molecular weight is 238 g/mol. The molecule has 0 fully saturated rings. The third-order valence-corrected chi connectivity index (χ3v) is 3.67. The first-order chi connectivity index (χ1) is 8.74. The van der Waals surface area contributed by atoms with Crippen LogP contribution in [0.4, 0.5) is 0 Å². The van der Waals surface area contributed by atoms with Crippen LogP contribution in [0.15, 0.2) is 48.5 Å². The second-order valence-electron chi connectivity index (χ2n) is 5.17. The topological polar surface area (TPSA) is 9.23 Å². The van der Waals surface area contributed by atoms with E-state index in [9.17, 15) is 0 Å². The van der Waals surface area contributed by atoms with Gasteiger partial charge in [0.2, 0.25) is 0 Å². The summed E-state index contributed by atoms with van der Waals surface area (Å²) >= 11 is 0. The highest BCUT2D eigenvalue weighted by Gasteiger charge is 2.26. The van der Waals surface area contributed by atoms with Crippen LogP contribution < -0.4 is 4.74 Å². The van der Waals surface area contributed by atoms with Gasteiger partial charge >= 0.3 is 0 Å². The largest absolute Gasteiger partial charge is 0.490 e. The van der Waals surface area contributed by atoms with Crippen LogP contribution in [0.2, 0.25) is 0 Å². The highest BCUT2D eigenvalue weighted by atomic mass is 16.5. The van der Waals surface area contributed by atoms with Gasteiger partial charge in [0, 0.05) is 11.5 Å². The van der Waals surface area contributed by atoms with Crippen LogP contribution in [0.1, 0.15) is 36.0 Å². The van der Waals surface area contributed by atoms with Crippen molar-refractivity contribution in [2.45, 2.75) is 32.3 Å². The first kappa shape index (κ1) is 11.3. The molecule has 1 heteroatoms. The molecule has 0 amide bonds. The first-order valence-electron chi connectivity index (χ1n) is 6.56. The lowest BCUT2D eigenvalue weighted by Gasteiger charge is -2.30. The molecule has 0 spiro atoms. The van der Waals surface area contributed by atoms with Crippen LogP contribution in [0.3, 0.4) is 0 Å². The van der Waals surface area contributed by atoms with Crippen molar-refractivity contribution in [2.75, 3.05) is 0 Å². The number of para-hydroxylation sites is 1. The smallest absolute Gasteiger partial charge is 0.123 e. The molecule has 18 heavy (non-hydrogen) atoms. The minimum atomic E-state index is 0.284. The van der Waals surface area contributed by atoms with Crippen molar-refractivity contribution in [3.8, 4) is 5.75 Å². The van der Waals surface area contributed by atoms with Crippen molar-refractivity contribution >= 4 is 0 Å². The van der Waals surface area contributed by atoms with Crippen LogP contribution in [-0.2, 0) is 0 Å². The Balaban J connectivity index is 2.04. The van der Waals surface area contributed by atoms with E-state index in [-0.39, 0.29) is 6.10 Å². The maximum Gasteiger partial charge on any atom is 0.123 e. The molecule has 0 aliphatic carbocycles. The number of benzene rings is 2. The molecule has 1 aliphatic heterocycles. The van der Waals surface area contributed by atoms with Gasteiger partial charge in [-0.1, -0.05) is 48.0 Å². The fraction of sp³-hybridized carbons (Fsp3) is 0.294. The summed E-state index contributed by atoms with van der Waals surface area (Å²) in [7, 11) is 0. The van der Waals surface area contributed by atoms with E-state index in [1.165, 1.54) is 16.7 Å². The molecule has 0 N–H and O–H groups in total. The minimum absolute atomic E-state index is 0.284. The average Bonchev–Trinajstić information content (AvgIpc) is 2.38. The molecule has 1 aliphatic rings. The zero-order valence-corrected chi connectivity index (χ0v) is 10.9. The van der Waals surface area contributed by atoms with Gasteiger partial charge in [-0.05, 0) is 31.9 Å². The standard InChI is InChI=1S/C17H18O/c1-12-7-9-14(10-8-12)16-11-13(2)18-17-6-4-3-5-15(16)17/h3-10,13,16H,11H2,1-2H3. The van der Waals surface area contributed by atoms with Crippen LogP contribution in [0.5, 0.6) is 5.75 Å². The Bertz CT molecular complexity index is 542. The maximum atomic E-state index is 5.91. The summed E-state index contributed by atoms with van der Waals surface area (Å²) in [5.41, 5.74) is 4.02. The Labute approximate surface area is 108 Å².